The number of carbonyl (C=O) groups is 1. The van der Waals surface area contributed by atoms with Crippen LogP contribution in [0.25, 0.3) is 0 Å². The number of nitrogens with one attached hydrogen (secondary N) is 3. The number of benzene rings is 1. The maximum atomic E-state index is 12.4. The van der Waals surface area contributed by atoms with E-state index in [-0.39, 0.29) is 11.9 Å². The lowest BCUT2D eigenvalue weighted by Crippen LogP contribution is -2.28. The van der Waals surface area contributed by atoms with Crippen molar-refractivity contribution in [1.29, 1.82) is 0 Å². The lowest BCUT2D eigenvalue weighted by molar-refractivity contribution is 0.0939. The summed E-state index contributed by atoms with van der Waals surface area (Å²) in [5, 5.41) is 13.1. The molecule has 0 fully saturated rings. The molecule has 0 aliphatic rings. The van der Waals surface area contributed by atoms with Gasteiger partial charge in [-0.2, -0.15) is 5.10 Å². The number of hydrogen-bond donors (Lipinski definition) is 3. The molecule has 1 unspecified atom stereocenters. The molecular formula is C14H18ClN5O. The standard InChI is InChI=1S/C14H18ClN5O/c1-3-6-16-12-5-4-10(15)7-11(12)14(21)19-9(2)13-17-8-18-20-13/h4-5,7-9,16H,3,6H2,1-2H3,(H,19,21)(H,17,18,20). The zero-order valence-corrected chi connectivity index (χ0v) is 12.7. The average Bonchev–Trinajstić information content (AvgIpc) is 3.00. The van der Waals surface area contributed by atoms with Crippen molar-refractivity contribution in [3.05, 3.63) is 40.9 Å². The molecule has 1 atom stereocenters. The summed E-state index contributed by atoms with van der Waals surface area (Å²) in [6.45, 7) is 4.69. The van der Waals surface area contributed by atoms with Crippen LogP contribution in [0, 0.1) is 0 Å². The van der Waals surface area contributed by atoms with Gasteiger partial charge in [0.05, 0.1) is 11.6 Å². The molecule has 112 valence electrons. The van der Waals surface area contributed by atoms with Crippen molar-refractivity contribution in [2.45, 2.75) is 26.3 Å². The van der Waals surface area contributed by atoms with E-state index in [1.807, 2.05) is 13.0 Å². The van der Waals surface area contributed by atoms with Crippen molar-refractivity contribution in [3.63, 3.8) is 0 Å². The number of H-pyrrole nitrogens is 1. The van der Waals surface area contributed by atoms with Gasteiger partial charge in [-0.05, 0) is 31.5 Å². The number of aromatic amines is 1. The normalized spacial score (nSPS) is 12.0. The molecule has 21 heavy (non-hydrogen) atoms. The molecule has 0 saturated heterocycles. The molecule has 0 aliphatic heterocycles. The van der Waals surface area contributed by atoms with Crippen LogP contribution in [0.4, 0.5) is 5.69 Å². The van der Waals surface area contributed by atoms with Gasteiger partial charge in [0.1, 0.15) is 12.2 Å². The average molecular weight is 308 g/mol. The largest absolute Gasteiger partial charge is 0.384 e. The summed E-state index contributed by atoms with van der Waals surface area (Å²) >= 11 is 5.99. The quantitative estimate of drug-likeness (QED) is 0.766. The van der Waals surface area contributed by atoms with Crippen LogP contribution in [-0.4, -0.2) is 27.6 Å². The minimum atomic E-state index is -0.266. The van der Waals surface area contributed by atoms with Gasteiger partial charge in [0.25, 0.3) is 5.91 Å². The van der Waals surface area contributed by atoms with Gasteiger partial charge in [-0.1, -0.05) is 18.5 Å². The van der Waals surface area contributed by atoms with E-state index in [2.05, 4.69) is 32.7 Å². The van der Waals surface area contributed by atoms with E-state index in [9.17, 15) is 4.79 Å². The predicted octanol–water partition coefficient (Wildman–Crippen LogP) is 2.77. The monoisotopic (exact) mass is 307 g/mol. The first-order valence-corrected chi connectivity index (χ1v) is 7.19. The highest BCUT2D eigenvalue weighted by Gasteiger charge is 2.16. The Balaban J connectivity index is 2.15. The fraction of sp³-hybridized carbons (Fsp3) is 0.357. The van der Waals surface area contributed by atoms with E-state index in [0.29, 0.717) is 16.4 Å². The van der Waals surface area contributed by atoms with Crippen LogP contribution in [-0.2, 0) is 0 Å². The Morgan fingerprint density at radius 1 is 1.48 bits per heavy atom. The molecule has 1 amide bonds. The zero-order chi connectivity index (χ0) is 15.2. The second-order valence-corrected chi connectivity index (χ2v) is 5.12. The number of carbonyl (C=O) groups excluding carboxylic acids is 1. The number of hydrogen-bond acceptors (Lipinski definition) is 4. The second-order valence-electron chi connectivity index (χ2n) is 4.68. The van der Waals surface area contributed by atoms with Crippen molar-refractivity contribution in [2.75, 3.05) is 11.9 Å². The Kier molecular flexibility index (Phi) is 5.16. The van der Waals surface area contributed by atoms with Gasteiger partial charge in [-0.25, -0.2) is 4.98 Å². The van der Waals surface area contributed by atoms with Crippen molar-refractivity contribution in [3.8, 4) is 0 Å². The smallest absolute Gasteiger partial charge is 0.254 e. The van der Waals surface area contributed by atoms with E-state index in [1.54, 1.807) is 12.1 Å². The van der Waals surface area contributed by atoms with Crippen LogP contribution in [0.2, 0.25) is 5.02 Å². The molecule has 0 spiro atoms. The van der Waals surface area contributed by atoms with Crippen LogP contribution in [0.3, 0.4) is 0 Å². The highest BCUT2D eigenvalue weighted by molar-refractivity contribution is 6.31. The molecule has 0 saturated carbocycles. The topological polar surface area (TPSA) is 82.7 Å². The maximum Gasteiger partial charge on any atom is 0.254 e. The lowest BCUT2D eigenvalue weighted by Gasteiger charge is -2.15. The lowest BCUT2D eigenvalue weighted by atomic mass is 10.1. The molecule has 0 bridgehead atoms. The fourth-order valence-corrected chi connectivity index (χ4v) is 2.06. The van der Waals surface area contributed by atoms with Gasteiger partial charge < -0.3 is 10.6 Å². The van der Waals surface area contributed by atoms with Crippen LogP contribution >= 0.6 is 11.6 Å². The van der Waals surface area contributed by atoms with E-state index in [4.69, 9.17) is 11.6 Å². The fourth-order valence-electron chi connectivity index (χ4n) is 1.88. The molecule has 2 aromatic rings. The highest BCUT2D eigenvalue weighted by Crippen LogP contribution is 2.21. The van der Waals surface area contributed by atoms with Crippen molar-refractivity contribution in [2.24, 2.45) is 0 Å². The van der Waals surface area contributed by atoms with Gasteiger partial charge in [-0.15, -0.1) is 0 Å². The number of rotatable bonds is 6. The summed E-state index contributed by atoms with van der Waals surface area (Å²) in [6.07, 6.45) is 2.38. The molecule has 3 N–H and O–H groups in total. The predicted molar refractivity (Wildman–Crippen MR) is 82.5 cm³/mol. The summed E-state index contributed by atoms with van der Waals surface area (Å²) in [5.41, 5.74) is 1.28. The molecule has 0 aliphatic carbocycles. The molecule has 0 radical (unpaired) electrons. The maximum absolute atomic E-state index is 12.4. The first-order valence-electron chi connectivity index (χ1n) is 6.81. The van der Waals surface area contributed by atoms with Gasteiger partial charge in [0, 0.05) is 17.3 Å². The zero-order valence-electron chi connectivity index (χ0n) is 12.0. The first kappa shape index (κ1) is 15.3. The molecular weight excluding hydrogens is 290 g/mol. The summed E-state index contributed by atoms with van der Waals surface area (Å²) < 4.78 is 0. The van der Waals surface area contributed by atoms with Crippen LogP contribution < -0.4 is 10.6 Å². The Morgan fingerprint density at radius 3 is 2.95 bits per heavy atom. The number of halogens is 1. The van der Waals surface area contributed by atoms with Crippen molar-refractivity contribution in [1.82, 2.24) is 20.5 Å². The molecule has 1 aromatic carbocycles. The second kappa shape index (κ2) is 7.08. The highest BCUT2D eigenvalue weighted by atomic mass is 35.5. The third-order valence-corrected chi connectivity index (χ3v) is 3.22. The number of nitrogens with zero attached hydrogens (tertiary/aromatic N) is 2. The first-order chi connectivity index (χ1) is 10.1. The number of anilines is 1. The van der Waals surface area contributed by atoms with Crippen LogP contribution in [0.15, 0.2) is 24.5 Å². The summed E-state index contributed by atoms with van der Waals surface area (Å²) in [5.74, 6) is 0.397. The SMILES string of the molecule is CCCNc1ccc(Cl)cc1C(=O)NC(C)c1ncn[nH]1. The molecule has 7 heteroatoms. The minimum Gasteiger partial charge on any atom is -0.384 e. The summed E-state index contributed by atoms with van der Waals surface area (Å²) in [6, 6.07) is 4.96. The Labute approximate surface area is 128 Å². The van der Waals surface area contributed by atoms with E-state index in [0.717, 1.165) is 18.7 Å². The minimum absolute atomic E-state index is 0.208. The van der Waals surface area contributed by atoms with Gasteiger partial charge in [0.2, 0.25) is 0 Å². The van der Waals surface area contributed by atoms with Crippen LogP contribution in [0.1, 0.15) is 42.5 Å². The van der Waals surface area contributed by atoms with E-state index in [1.165, 1.54) is 6.33 Å². The van der Waals surface area contributed by atoms with Crippen LogP contribution in [0.5, 0.6) is 0 Å². The molecule has 6 nitrogen and oxygen atoms in total. The third kappa shape index (κ3) is 3.95. The van der Waals surface area contributed by atoms with Gasteiger partial charge >= 0.3 is 0 Å². The van der Waals surface area contributed by atoms with Gasteiger partial charge in [0.15, 0.2) is 0 Å². The molecule has 1 heterocycles. The summed E-state index contributed by atoms with van der Waals surface area (Å²) in [7, 11) is 0. The number of amides is 1. The van der Waals surface area contributed by atoms with E-state index < -0.39 is 0 Å². The Hall–Kier alpha value is -2.08. The van der Waals surface area contributed by atoms with Crippen molar-refractivity contribution >= 4 is 23.2 Å². The Morgan fingerprint density at radius 2 is 2.29 bits per heavy atom. The van der Waals surface area contributed by atoms with E-state index >= 15 is 0 Å². The Bertz CT molecular complexity index is 599. The van der Waals surface area contributed by atoms with Gasteiger partial charge in [-0.3, -0.25) is 9.89 Å². The molecule has 1 aromatic heterocycles. The summed E-state index contributed by atoms with van der Waals surface area (Å²) in [4.78, 5) is 16.4. The number of aromatic nitrogens is 3. The molecule has 2 rings (SSSR count). The van der Waals surface area contributed by atoms with Crippen molar-refractivity contribution < 1.29 is 4.79 Å². The third-order valence-electron chi connectivity index (χ3n) is 2.98.